The van der Waals surface area contributed by atoms with E-state index in [1.807, 2.05) is 13.8 Å². The minimum Gasteiger partial charge on any atom is -0.481 e. The van der Waals surface area contributed by atoms with E-state index in [4.69, 9.17) is 10.8 Å². The number of rotatable bonds is 9. The lowest BCUT2D eigenvalue weighted by Crippen LogP contribution is -2.43. The molecule has 0 aromatic carbocycles. The highest BCUT2D eigenvalue weighted by Crippen LogP contribution is 2.10. The van der Waals surface area contributed by atoms with Gasteiger partial charge in [-0.2, -0.15) is 0 Å². The maximum absolute atomic E-state index is 11.0. The summed E-state index contributed by atoms with van der Waals surface area (Å²) in [6, 6.07) is -0.354. The Morgan fingerprint density at radius 1 is 1.38 bits per heavy atom. The molecular weight excluding hydrogens is 208 g/mol. The standard InChI is InChI=1S/C11H22N2O3/c1-3-5-8(6-10(14)15)7-13-9(4-2)11(12)16/h8-9,13H,3-7H2,1-2H3,(H2,12,16)(H,14,15)/t8-,9-/m1/s1. The van der Waals surface area contributed by atoms with Crippen molar-refractivity contribution in [1.29, 1.82) is 0 Å². The zero-order chi connectivity index (χ0) is 12.6. The average Bonchev–Trinajstić information content (AvgIpc) is 2.17. The zero-order valence-electron chi connectivity index (χ0n) is 10.0. The molecule has 0 spiro atoms. The molecule has 0 aromatic rings. The van der Waals surface area contributed by atoms with Crippen molar-refractivity contribution in [3.05, 3.63) is 0 Å². The lowest BCUT2D eigenvalue weighted by molar-refractivity contribution is -0.138. The number of nitrogens with two attached hydrogens (primary N) is 1. The maximum atomic E-state index is 11.0. The van der Waals surface area contributed by atoms with Gasteiger partial charge in [-0.25, -0.2) is 0 Å². The number of aliphatic carboxylic acids is 1. The second-order valence-electron chi connectivity index (χ2n) is 4.02. The average molecular weight is 230 g/mol. The molecule has 0 aliphatic heterocycles. The lowest BCUT2D eigenvalue weighted by atomic mass is 9.99. The van der Waals surface area contributed by atoms with Crippen molar-refractivity contribution in [2.24, 2.45) is 11.7 Å². The van der Waals surface area contributed by atoms with E-state index in [2.05, 4.69) is 5.32 Å². The fourth-order valence-electron chi connectivity index (χ4n) is 1.69. The molecule has 5 nitrogen and oxygen atoms in total. The number of hydrogen-bond donors (Lipinski definition) is 3. The Hall–Kier alpha value is -1.10. The molecule has 0 saturated heterocycles. The van der Waals surface area contributed by atoms with Crippen LogP contribution in [0.1, 0.15) is 39.5 Å². The Morgan fingerprint density at radius 2 is 2.00 bits per heavy atom. The number of amides is 1. The van der Waals surface area contributed by atoms with Gasteiger partial charge in [0, 0.05) is 6.42 Å². The molecule has 0 rings (SSSR count). The fourth-order valence-corrected chi connectivity index (χ4v) is 1.69. The van der Waals surface area contributed by atoms with Crippen LogP contribution >= 0.6 is 0 Å². The van der Waals surface area contributed by atoms with Gasteiger partial charge >= 0.3 is 5.97 Å². The van der Waals surface area contributed by atoms with Crippen LogP contribution in [-0.4, -0.2) is 29.6 Å². The van der Waals surface area contributed by atoms with Crippen LogP contribution < -0.4 is 11.1 Å². The minimum atomic E-state index is -0.799. The first-order valence-corrected chi connectivity index (χ1v) is 5.75. The van der Waals surface area contributed by atoms with E-state index in [0.717, 1.165) is 12.8 Å². The van der Waals surface area contributed by atoms with Crippen molar-refractivity contribution in [3.63, 3.8) is 0 Å². The zero-order valence-corrected chi connectivity index (χ0v) is 10.0. The van der Waals surface area contributed by atoms with Gasteiger partial charge in [-0.1, -0.05) is 20.3 Å². The van der Waals surface area contributed by atoms with Crippen molar-refractivity contribution in [2.75, 3.05) is 6.54 Å². The molecular formula is C11H22N2O3. The number of carboxylic acids is 1. The van der Waals surface area contributed by atoms with E-state index in [1.165, 1.54) is 0 Å². The monoisotopic (exact) mass is 230 g/mol. The van der Waals surface area contributed by atoms with Crippen LogP contribution in [0.4, 0.5) is 0 Å². The van der Waals surface area contributed by atoms with Gasteiger partial charge in [0.15, 0.2) is 0 Å². The van der Waals surface area contributed by atoms with E-state index in [1.54, 1.807) is 0 Å². The van der Waals surface area contributed by atoms with E-state index in [9.17, 15) is 9.59 Å². The molecule has 0 radical (unpaired) electrons. The van der Waals surface area contributed by atoms with Gasteiger partial charge in [0.2, 0.25) is 5.91 Å². The van der Waals surface area contributed by atoms with Crippen LogP contribution in [0.15, 0.2) is 0 Å². The Kier molecular flexibility index (Phi) is 7.54. The highest BCUT2D eigenvalue weighted by molar-refractivity contribution is 5.79. The van der Waals surface area contributed by atoms with Crippen molar-refractivity contribution in [2.45, 2.75) is 45.6 Å². The van der Waals surface area contributed by atoms with Crippen molar-refractivity contribution in [3.8, 4) is 0 Å². The molecule has 0 fully saturated rings. The molecule has 4 N–H and O–H groups in total. The van der Waals surface area contributed by atoms with Crippen molar-refractivity contribution < 1.29 is 14.7 Å². The van der Waals surface area contributed by atoms with Gasteiger partial charge in [0.1, 0.15) is 0 Å². The SMILES string of the molecule is CCC[C@@H](CN[C@H](CC)C(N)=O)CC(=O)O. The molecule has 0 bridgehead atoms. The Morgan fingerprint density at radius 3 is 2.38 bits per heavy atom. The first-order valence-electron chi connectivity index (χ1n) is 5.75. The van der Waals surface area contributed by atoms with Crippen LogP contribution in [0, 0.1) is 5.92 Å². The van der Waals surface area contributed by atoms with E-state index < -0.39 is 5.97 Å². The van der Waals surface area contributed by atoms with E-state index in [0.29, 0.717) is 13.0 Å². The Bertz CT molecular complexity index is 231. The summed E-state index contributed by atoms with van der Waals surface area (Å²) in [6.45, 7) is 4.41. The molecule has 5 heteroatoms. The molecule has 0 heterocycles. The van der Waals surface area contributed by atoms with Gasteiger partial charge in [0.25, 0.3) is 0 Å². The molecule has 16 heavy (non-hydrogen) atoms. The van der Waals surface area contributed by atoms with E-state index >= 15 is 0 Å². The molecule has 94 valence electrons. The fraction of sp³-hybridized carbons (Fsp3) is 0.818. The summed E-state index contributed by atoms with van der Waals surface area (Å²) in [6.07, 6.45) is 2.54. The first kappa shape index (κ1) is 14.9. The number of carboxylic acid groups (broad SMARTS) is 1. The normalized spacial score (nSPS) is 14.4. The predicted octanol–water partition coefficient (Wildman–Crippen LogP) is 0.731. The molecule has 1 amide bonds. The van der Waals surface area contributed by atoms with Crippen molar-refractivity contribution in [1.82, 2.24) is 5.32 Å². The second kappa shape index (κ2) is 8.10. The summed E-state index contributed by atoms with van der Waals surface area (Å²) >= 11 is 0. The number of primary amides is 1. The Balaban J connectivity index is 4.08. The highest BCUT2D eigenvalue weighted by Gasteiger charge is 2.16. The third-order valence-electron chi connectivity index (χ3n) is 2.56. The number of carbonyl (C=O) groups is 2. The summed E-state index contributed by atoms with van der Waals surface area (Å²) < 4.78 is 0. The second-order valence-corrected chi connectivity index (χ2v) is 4.02. The summed E-state index contributed by atoms with van der Waals surface area (Å²) in [4.78, 5) is 21.6. The number of hydrogen-bond acceptors (Lipinski definition) is 3. The molecule has 0 aliphatic carbocycles. The molecule has 0 saturated carbocycles. The van der Waals surface area contributed by atoms with Crippen LogP contribution in [-0.2, 0) is 9.59 Å². The quantitative estimate of drug-likeness (QED) is 0.544. The van der Waals surface area contributed by atoms with Crippen molar-refractivity contribution >= 4 is 11.9 Å². The van der Waals surface area contributed by atoms with Gasteiger partial charge in [-0.05, 0) is 25.3 Å². The third-order valence-corrected chi connectivity index (χ3v) is 2.56. The van der Waals surface area contributed by atoms with Gasteiger partial charge < -0.3 is 16.2 Å². The predicted molar refractivity (Wildman–Crippen MR) is 61.9 cm³/mol. The Labute approximate surface area is 96.4 Å². The lowest BCUT2D eigenvalue weighted by Gasteiger charge is -2.18. The van der Waals surface area contributed by atoms with Gasteiger partial charge in [-0.3, -0.25) is 9.59 Å². The molecule has 0 unspecified atom stereocenters. The first-order chi connectivity index (χ1) is 7.51. The summed E-state index contributed by atoms with van der Waals surface area (Å²) in [5.41, 5.74) is 5.19. The molecule has 0 aliphatic rings. The van der Waals surface area contributed by atoms with Crippen LogP contribution in [0.2, 0.25) is 0 Å². The van der Waals surface area contributed by atoms with E-state index in [-0.39, 0.29) is 24.3 Å². The van der Waals surface area contributed by atoms with Crippen LogP contribution in [0.5, 0.6) is 0 Å². The number of carbonyl (C=O) groups excluding carboxylic acids is 1. The largest absolute Gasteiger partial charge is 0.481 e. The topological polar surface area (TPSA) is 92.4 Å². The van der Waals surface area contributed by atoms with Gasteiger partial charge in [0.05, 0.1) is 6.04 Å². The third kappa shape index (κ3) is 6.40. The summed E-state index contributed by atoms with van der Waals surface area (Å²) in [5, 5.41) is 11.7. The van der Waals surface area contributed by atoms with Crippen LogP contribution in [0.3, 0.4) is 0 Å². The summed E-state index contributed by atoms with van der Waals surface area (Å²) in [5.74, 6) is -1.11. The summed E-state index contributed by atoms with van der Waals surface area (Å²) in [7, 11) is 0. The minimum absolute atomic E-state index is 0.0656. The number of nitrogens with one attached hydrogen (secondary N) is 1. The smallest absolute Gasteiger partial charge is 0.303 e. The maximum Gasteiger partial charge on any atom is 0.303 e. The molecule has 2 atom stereocenters. The van der Waals surface area contributed by atoms with Gasteiger partial charge in [-0.15, -0.1) is 0 Å². The molecule has 0 aromatic heterocycles. The van der Waals surface area contributed by atoms with Crippen LogP contribution in [0.25, 0.3) is 0 Å². The highest BCUT2D eigenvalue weighted by atomic mass is 16.4.